The minimum atomic E-state index is -0.124. The average molecular weight is 196 g/mol. The fraction of sp³-hybridized carbons (Fsp3) is 0.917. The smallest absolute Gasteiger partial charge is 0.302 e. The van der Waals surface area contributed by atoms with Crippen molar-refractivity contribution in [2.45, 2.75) is 46.6 Å². The van der Waals surface area contributed by atoms with E-state index in [0.717, 1.165) is 18.3 Å². The minimum absolute atomic E-state index is 0.124. The van der Waals surface area contributed by atoms with Crippen molar-refractivity contribution in [1.82, 2.24) is 0 Å². The summed E-state index contributed by atoms with van der Waals surface area (Å²) >= 11 is 0. The molecule has 3 fully saturated rings. The molecule has 3 aliphatic carbocycles. The first kappa shape index (κ1) is 10.0. The number of carbonyl (C=O) groups excluding carboxylic acids is 1. The van der Waals surface area contributed by atoms with Gasteiger partial charge in [0, 0.05) is 6.92 Å². The van der Waals surface area contributed by atoms with Crippen molar-refractivity contribution < 1.29 is 9.53 Å². The number of esters is 1. The second kappa shape index (κ2) is 2.98. The van der Waals surface area contributed by atoms with Gasteiger partial charge in [0.05, 0.1) is 0 Å². The molecule has 0 spiro atoms. The summed E-state index contributed by atoms with van der Waals surface area (Å²) in [5.74, 6) is 1.94. The quantitative estimate of drug-likeness (QED) is 0.603. The highest BCUT2D eigenvalue weighted by atomic mass is 16.5. The standard InChI is InChI=1S/C12H20O2/c1-7-10-5-9(12(10,3)4)6-11(7)14-8(2)13/h7,9-11H,5-6H2,1-4H3/t7-,9+,10-,11-/m0/s1. The number of hydrogen-bond donors (Lipinski definition) is 0. The van der Waals surface area contributed by atoms with E-state index >= 15 is 0 Å². The molecule has 3 rings (SSSR count). The topological polar surface area (TPSA) is 26.3 Å². The molecule has 14 heavy (non-hydrogen) atoms. The maximum atomic E-state index is 10.9. The highest BCUT2D eigenvalue weighted by molar-refractivity contribution is 5.66. The molecular weight excluding hydrogens is 176 g/mol. The summed E-state index contributed by atoms with van der Waals surface area (Å²) in [5, 5.41) is 0. The zero-order valence-electron chi connectivity index (χ0n) is 9.54. The molecule has 0 aromatic rings. The molecule has 0 aromatic carbocycles. The lowest BCUT2D eigenvalue weighted by atomic mass is 9.45. The van der Waals surface area contributed by atoms with Crippen LogP contribution in [-0.2, 0) is 9.53 Å². The molecule has 4 atom stereocenters. The lowest BCUT2D eigenvalue weighted by Gasteiger charge is -2.61. The minimum Gasteiger partial charge on any atom is -0.462 e. The highest BCUT2D eigenvalue weighted by Crippen LogP contribution is 2.61. The van der Waals surface area contributed by atoms with E-state index in [-0.39, 0.29) is 12.1 Å². The van der Waals surface area contributed by atoms with Crippen molar-refractivity contribution in [2.75, 3.05) is 0 Å². The van der Waals surface area contributed by atoms with Gasteiger partial charge in [-0.25, -0.2) is 0 Å². The summed E-state index contributed by atoms with van der Waals surface area (Å²) < 4.78 is 5.36. The molecule has 0 amide bonds. The molecule has 2 nitrogen and oxygen atoms in total. The van der Waals surface area contributed by atoms with Gasteiger partial charge in [0.15, 0.2) is 0 Å². The Labute approximate surface area is 86.0 Å². The Morgan fingerprint density at radius 3 is 2.43 bits per heavy atom. The monoisotopic (exact) mass is 196 g/mol. The van der Waals surface area contributed by atoms with Crippen LogP contribution in [0.4, 0.5) is 0 Å². The van der Waals surface area contributed by atoms with Gasteiger partial charge in [-0.1, -0.05) is 20.8 Å². The summed E-state index contributed by atoms with van der Waals surface area (Å²) in [4.78, 5) is 10.9. The SMILES string of the molecule is CC(=O)O[C@H]1C[C@H]2C[C@@H]([C@@H]1C)C2(C)C. The predicted molar refractivity (Wildman–Crippen MR) is 54.7 cm³/mol. The summed E-state index contributed by atoms with van der Waals surface area (Å²) in [5.41, 5.74) is 0.482. The molecule has 3 aliphatic rings. The van der Waals surface area contributed by atoms with Crippen LogP contribution < -0.4 is 0 Å². The van der Waals surface area contributed by atoms with Gasteiger partial charge in [0.25, 0.3) is 0 Å². The van der Waals surface area contributed by atoms with Crippen molar-refractivity contribution in [1.29, 1.82) is 0 Å². The third kappa shape index (κ3) is 1.27. The molecule has 0 aliphatic heterocycles. The Hall–Kier alpha value is -0.530. The van der Waals surface area contributed by atoms with Crippen LogP contribution >= 0.6 is 0 Å². The average Bonchev–Trinajstić information content (AvgIpc) is 2.06. The molecule has 80 valence electrons. The number of fused-ring (bicyclic) bond motifs is 2. The summed E-state index contributed by atoms with van der Waals surface area (Å²) in [6.45, 7) is 8.45. The Morgan fingerprint density at radius 2 is 2.00 bits per heavy atom. The highest BCUT2D eigenvalue weighted by Gasteiger charge is 2.57. The van der Waals surface area contributed by atoms with E-state index < -0.39 is 0 Å². The number of rotatable bonds is 1. The van der Waals surface area contributed by atoms with E-state index in [4.69, 9.17) is 4.74 Å². The van der Waals surface area contributed by atoms with Gasteiger partial charge in [-0.3, -0.25) is 4.79 Å². The molecular formula is C12H20O2. The van der Waals surface area contributed by atoms with Crippen LogP contribution in [0.2, 0.25) is 0 Å². The number of ether oxygens (including phenoxy) is 1. The number of hydrogen-bond acceptors (Lipinski definition) is 2. The van der Waals surface area contributed by atoms with E-state index in [0.29, 0.717) is 11.3 Å². The first-order valence-electron chi connectivity index (χ1n) is 5.60. The summed E-state index contributed by atoms with van der Waals surface area (Å²) in [6, 6.07) is 0. The van der Waals surface area contributed by atoms with Crippen LogP contribution in [0.15, 0.2) is 0 Å². The zero-order chi connectivity index (χ0) is 10.5. The maximum Gasteiger partial charge on any atom is 0.302 e. The fourth-order valence-corrected chi connectivity index (χ4v) is 3.47. The Kier molecular flexibility index (Phi) is 2.13. The van der Waals surface area contributed by atoms with Crippen LogP contribution in [0.5, 0.6) is 0 Å². The maximum absolute atomic E-state index is 10.9. The third-order valence-corrected chi connectivity index (χ3v) is 4.60. The first-order chi connectivity index (χ1) is 6.43. The second-order valence-electron chi connectivity index (χ2n) is 5.60. The molecule has 0 saturated heterocycles. The lowest BCUT2D eigenvalue weighted by Crippen LogP contribution is -2.57. The van der Waals surface area contributed by atoms with Gasteiger partial charge < -0.3 is 4.74 Å². The third-order valence-electron chi connectivity index (χ3n) is 4.60. The lowest BCUT2D eigenvalue weighted by molar-refractivity contribution is -0.184. The summed E-state index contributed by atoms with van der Waals surface area (Å²) in [6.07, 6.45) is 2.60. The fourth-order valence-electron chi connectivity index (χ4n) is 3.47. The van der Waals surface area contributed by atoms with Crippen molar-refractivity contribution in [3.8, 4) is 0 Å². The molecule has 0 unspecified atom stereocenters. The van der Waals surface area contributed by atoms with Crippen LogP contribution in [0.25, 0.3) is 0 Å². The van der Waals surface area contributed by atoms with E-state index in [1.165, 1.54) is 13.3 Å². The van der Waals surface area contributed by atoms with Crippen LogP contribution in [0, 0.1) is 23.2 Å². The number of carbonyl (C=O) groups is 1. The molecule has 0 N–H and O–H groups in total. The normalized spacial score (nSPS) is 44.0. The van der Waals surface area contributed by atoms with Gasteiger partial charge >= 0.3 is 5.97 Å². The first-order valence-corrected chi connectivity index (χ1v) is 5.60. The van der Waals surface area contributed by atoms with Gasteiger partial charge in [0.2, 0.25) is 0 Å². The molecule has 3 saturated carbocycles. The Bertz CT molecular complexity index is 257. The van der Waals surface area contributed by atoms with Crippen LogP contribution in [0.3, 0.4) is 0 Å². The van der Waals surface area contributed by atoms with Gasteiger partial charge in [-0.15, -0.1) is 0 Å². The van der Waals surface area contributed by atoms with Crippen molar-refractivity contribution >= 4 is 5.97 Å². The molecule has 0 radical (unpaired) electrons. The zero-order valence-corrected chi connectivity index (χ0v) is 9.54. The van der Waals surface area contributed by atoms with Crippen molar-refractivity contribution in [2.24, 2.45) is 23.2 Å². The van der Waals surface area contributed by atoms with Crippen molar-refractivity contribution in [3.05, 3.63) is 0 Å². The predicted octanol–water partition coefficient (Wildman–Crippen LogP) is 2.62. The van der Waals surface area contributed by atoms with Crippen molar-refractivity contribution in [3.63, 3.8) is 0 Å². The van der Waals surface area contributed by atoms with Crippen LogP contribution in [-0.4, -0.2) is 12.1 Å². The van der Waals surface area contributed by atoms with Gasteiger partial charge in [-0.05, 0) is 36.0 Å². The van der Waals surface area contributed by atoms with E-state index in [1.54, 1.807) is 0 Å². The van der Waals surface area contributed by atoms with Crippen LogP contribution in [0.1, 0.15) is 40.5 Å². The molecule has 0 heterocycles. The molecule has 0 aromatic heterocycles. The van der Waals surface area contributed by atoms with Gasteiger partial charge in [0.1, 0.15) is 6.10 Å². The van der Waals surface area contributed by atoms with E-state index in [9.17, 15) is 4.79 Å². The second-order valence-corrected chi connectivity index (χ2v) is 5.60. The molecule has 2 bridgehead atoms. The van der Waals surface area contributed by atoms with E-state index in [2.05, 4.69) is 20.8 Å². The van der Waals surface area contributed by atoms with Gasteiger partial charge in [-0.2, -0.15) is 0 Å². The molecule has 2 heteroatoms. The van der Waals surface area contributed by atoms with E-state index in [1.807, 2.05) is 0 Å². The summed E-state index contributed by atoms with van der Waals surface area (Å²) in [7, 11) is 0. The largest absolute Gasteiger partial charge is 0.462 e. The Morgan fingerprint density at radius 1 is 1.36 bits per heavy atom. The Balaban J connectivity index is 2.04.